The Kier molecular flexibility index (Phi) is 5.71. The highest BCUT2D eigenvalue weighted by Crippen LogP contribution is 2.24. The van der Waals surface area contributed by atoms with Crippen LogP contribution in [0, 0.1) is 5.41 Å². The van der Waals surface area contributed by atoms with Gasteiger partial charge >= 0.3 is 6.36 Å². The standard InChI is InChI=1S/C16H14BrF3N2O2/c1-23-14-7-4-12(17)8-11(14)9-22-15(21)10-2-5-13(6-3-10)24-16(18,19)20/h2-8H,9H2,1H3,(H2,21,22). The third-order valence-electron chi connectivity index (χ3n) is 3.07. The lowest BCUT2D eigenvalue weighted by Crippen LogP contribution is -2.23. The number of nitrogens with one attached hydrogen (secondary N) is 2. The van der Waals surface area contributed by atoms with Crippen molar-refractivity contribution in [3.63, 3.8) is 0 Å². The average Bonchev–Trinajstić information content (AvgIpc) is 2.52. The quantitative estimate of drug-likeness (QED) is 0.572. The Bertz CT molecular complexity index is 718. The van der Waals surface area contributed by atoms with Crippen molar-refractivity contribution < 1.29 is 22.6 Å². The Labute approximate surface area is 145 Å². The number of alkyl halides is 3. The van der Waals surface area contributed by atoms with Gasteiger partial charge in [-0.1, -0.05) is 15.9 Å². The van der Waals surface area contributed by atoms with Gasteiger partial charge in [0.2, 0.25) is 0 Å². The number of amidine groups is 1. The summed E-state index contributed by atoms with van der Waals surface area (Å²) in [7, 11) is 1.55. The van der Waals surface area contributed by atoms with E-state index in [0.29, 0.717) is 17.9 Å². The van der Waals surface area contributed by atoms with Crippen molar-refractivity contribution in [3.8, 4) is 11.5 Å². The third kappa shape index (κ3) is 5.16. The lowest BCUT2D eigenvalue weighted by molar-refractivity contribution is -0.274. The smallest absolute Gasteiger partial charge is 0.496 e. The highest BCUT2D eigenvalue weighted by molar-refractivity contribution is 9.10. The minimum atomic E-state index is -4.73. The minimum Gasteiger partial charge on any atom is -0.496 e. The van der Waals surface area contributed by atoms with Crippen LogP contribution in [0.3, 0.4) is 0 Å². The molecule has 2 N–H and O–H groups in total. The van der Waals surface area contributed by atoms with E-state index in [2.05, 4.69) is 26.0 Å². The van der Waals surface area contributed by atoms with E-state index in [1.807, 2.05) is 12.1 Å². The monoisotopic (exact) mass is 402 g/mol. The Morgan fingerprint density at radius 3 is 2.42 bits per heavy atom. The molecule has 2 rings (SSSR count). The first-order valence-electron chi connectivity index (χ1n) is 6.79. The summed E-state index contributed by atoms with van der Waals surface area (Å²) in [5.41, 5.74) is 1.28. The molecule has 4 nitrogen and oxygen atoms in total. The molecule has 24 heavy (non-hydrogen) atoms. The third-order valence-corrected chi connectivity index (χ3v) is 3.57. The van der Waals surface area contributed by atoms with E-state index in [4.69, 9.17) is 10.1 Å². The molecule has 0 aliphatic carbocycles. The fourth-order valence-electron chi connectivity index (χ4n) is 1.99. The summed E-state index contributed by atoms with van der Waals surface area (Å²) in [4.78, 5) is 0. The maximum absolute atomic E-state index is 12.1. The van der Waals surface area contributed by atoms with Crippen LogP contribution in [0.5, 0.6) is 11.5 Å². The van der Waals surface area contributed by atoms with Crippen LogP contribution in [-0.4, -0.2) is 19.3 Å². The van der Waals surface area contributed by atoms with Crippen LogP contribution in [0.15, 0.2) is 46.9 Å². The number of methoxy groups -OCH3 is 1. The van der Waals surface area contributed by atoms with Gasteiger partial charge in [-0.3, -0.25) is 5.41 Å². The number of hydrogen-bond acceptors (Lipinski definition) is 3. The second-order valence-electron chi connectivity index (χ2n) is 4.76. The molecule has 0 spiro atoms. The van der Waals surface area contributed by atoms with Crippen molar-refractivity contribution in [2.45, 2.75) is 12.9 Å². The number of ether oxygens (including phenoxy) is 2. The molecule has 0 radical (unpaired) electrons. The zero-order valence-corrected chi connectivity index (χ0v) is 14.2. The molecule has 0 fully saturated rings. The van der Waals surface area contributed by atoms with Crippen LogP contribution in [0.2, 0.25) is 0 Å². The molecule has 0 aliphatic rings. The lowest BCUT2D eigenvalue weighted by Gasteiger charge is -2.13. The lowest BCUT2D eigenvalue weighted by atomic mass is 10.1. The summed E-state index contributed by atoms with van der Waals surface area (Å²) in [6, 6.07) is 10.6. The maximum Gasteiger partial charge on any atom is 0.573 e. The van der Waals surface area contributed by atoms with Crippen LogP contribution in [0.1, 0.15) is 11.1 Å². The molecule has 0 aliphatic heterocycles. The zero-order chi connectivity index (χ0) is 17.7. The van der Waals surface area contributed by atoms with E-state index >= 15 is 0 Å². The van der Waals surface area contributed by atoms with Crippen LogP contribution in [-0.2, 0) is 6.54 Å². The van der Waals surface area contributed by atoms with Crippen LogP contribution in [0.25, 0.3) is 0 Å². The first-order valence-corrected chi connectivity index (χ1v) is 7.59. The highest BCUT2D eigenvalue weighted by atomic mass is 79.9. The Hall–Kier alpha value is -2.22. The van der Waals surface area contributed by atoms with Gasteiger partial charge in [0.1, 0.15) is 17.3 Å². The zero-order valence-electron chi connectivity index (χ0n) is 12.6. The molecule has 0 atom stereocenters. The van der Waals surface area contributed by atoms with Gasteiger partial charge in [0.05, 0.1) is 7.11 Å². The molecule has 0 aromatic heterocycles. The fourth-order valence-corrected chi connectivity index (χ4v) is 2.40. The topological polar surface area (TPSA) is 54.3 Å². The molecule has 8 heteroatoms. The number of rotatable bonds is 5. The molecule has 0 amide bonds. The minimum absolute atomic E-state index is 0.0792. The van der Waals surface area contributed by atoms with E-state index in [-0.39, 0.29) is 11.6 Å². The van der Waals surface area contributed by atoms with E-state index in [0.717, 1.165) is 10.0 Å². The normalized spacial score (nSPS) is 11.0. The van der Waals surface area contributed by atoms with Gasteiger partial charge in [0.15, 0.2) is 0 Å². The van der Waals surface area contributed by atoms with Crippen molar-refractivity contribution in [2.75, 3.05) is 7.11 Å². The largest absolute Gasteiger partial charge is 0.573 e. The molecular formula is C16H14BrF3N2O2. The first kappa shape index (κ1) is 18.1. The van der Waals surface area contributed by atoms with Crippen molar-refractivity contribution in [1.82, 2.24) is 5.32 Å². The van der Waals surface area contributed by atoms with Crippen LogP contribution >= 0.6 is 15.9 Å². The van der Waals surface area contributed by atoms with Crippen molar-refractivity contribution in [3.05, 3.63) is 58.1 Å². The fraction of sp³-hybridized carbons (Fsp3) is 0.188. The van der Waals surface area contributed by atoms with Gasteiger partial charge in [-0.2, -0.15) is 0 Å². The predicted octanol–water partition coefficient (Wildman–Crippen LogP) is 4.47. The molecule has 0 unspecified atom stereocenters. The summed E-state index contributed by atoms with van der Waals surface area (Å²) >= 11 is 3.37. The van der Waals surface area contributed by atoms with Crippen LogP contribution < -0.4 is 14.8 Å². The molecule has 0 bridgehead atoms. The van der Waals surface area contributed by atoms with E-state index in [1.54, 1.807) is 13.2 Å². The second-order valence-corrected chi connectivity index (χ2v) is 5.67. The molecule has 2 aromatic carbocycles. The number of benzene rings is 2. The summed E-state index contributed by atoms with van der Waals surface area (Å²) in [5.74, 6) is 0.427. The summed E-state index contributed by atoms with van der Waals surface area (Å²) in [5, 5.41) is 10.9. The van der Waals surface area contributed by atoms with Gasteiger partial charge in [-0.15, -0.1) is 13.2 Å². The molecule has 0 heterocycles. The van der Waals surface area contributed by atoms with E-state index in [9.17, 15) is 13.2 Å². The average molecular weight is 403 g/mol. The second kappa shape index (κ2) is 7.57. The van der Waals surface area contributed by atoms with Gasteiger partial charge < -0.3 is 14.8 Å². The van der Waals surface area contributed by atoms with Gasteiger partial charge in [0, 0.05) is 22.1 Å². The summed E-state index contributed by atoms with van der Waals surface area (Å²) < 4.78 is 46.3. The SMILES string of the molecule is COc1ccc(Br)cc1CNC(=N)c1ccc(OC(F)(F)F)cc1. The Morgan fingerprint density at radius 1 is 1.17 bits per heavy atom. The van der Waals surface area contributed by atoms with Crippen LogP contribution in [0.4, 0.5) is 13.2 Å². The Balaban J connectivity index is 2.01. The molecule has 0 saturated heterocycles. The maximum atomic E-state index is 12.1. The molecular weight excluding hydrogens is 389 g/mol. The molecule has 2 aromatic rings. The van der Waals surface area contributed by atoms with Crippen molar-refractivity contribution in [1.29, 1.82) is 5.41 Å². The Morgan fingerprint density at radius 2 is 1.83 bits per heavy atom. The number of halogens is 4. The first-order chi connectivity index (χ1) is 11.3. The van der Waals surface area contributed by atoms with E-state index in [1.165, 1.54) is 24.3 Å². The van der Waals surface area contributed by atoms with Gasteiger partial charge in [0.25, 0.3) is 0 Å². The van der Waals surface area contributed by atoms with Crippen molar-refractivity contribution >= 4 is 21.8 Å². The summed E-state index contributed by atoms with van der Waals surface area (Å²) in [6.45, 7) is 0.336. The number of hydrogen-bond donors (Lipinski definition) is 2. The highest BCUT2D eigenvalue weighted by Gasteiger charge is 2.30. The van der Waals surface area contributed by atoms with Gasteiger partial charge in [-0.05, 0) is 42.5 Å². The predicted molar refractivity (Wildman–Crippen MR) is 87.5 cm³/mol. The van der Waals surface area contributed by atoms with Crippen molar-refractivity contribution in [2.24, 2.45) is 0 Å². The van der Waals surface area contributed by atoms with Gasteiger partial charge in [-0.25, -0.2) is 0 Å². The summed E-state index contributed by atoms with van der Waals surface area (Å²) in [6.07, 6.45) is -4.73. The molecule has 128 valence electrons. The van der Waals surface area contributed by atoms with E-state index < -0.39 is 6.36 Å². The molecule has 0 saturated carbocycles.